The van der Waals surface area contributed by atoms with Crippen molar-refractivity contribution in [3.63, 3.8) is 0 Å². The van der Waals surface area contributed by atoms with Crippen LogP contribution in [-0.4, -0.2) is 49.4 Å². The maximum absolute atomic E-state index is 11.7. The lowest BCUT2D eigenvalue weighted by Crippen LogP contribution is -2.51. The largest absolute Gasteiger partial charge is 0.748 e. The number of unbranched alkanes of at least 4 members (excludes halogenated alkanes) is 48. The molecule has 0 amide bonds. The van der Waals surface area contributed by atoms with Gasteiger partial charge in [0.1, 0.15) is 0 Å². The molecule has 0 aliphatic heterocycles. The Morgan fingerprint density at radius 2 is 0.369 bits per heavy atom. The van der Waals surface area contributed by atoms with Crippen LogP contribution in [-0.2, 0) is 10.1 Å². The summed E-state index contributed by atoms with van der Waals surface area (Å²) < 4.78 is 36.3. The van der Waals surface area contributed by atoms with E-state index in [1.165, 1.54) is 347 Å². The predicted molar refractivity (Wildman–Crippen MR) is 291 cm³/mol. The van der Waals surface area contributed by atoms with Crippen molar-refractivity contribution in [3.05, 3.63) is 0 Å². The van der Waals surface area contributed by atoms with Crippen molar-refractivity contribution >= 4 is 10.1 Å². The lowest BCUT2D eigenvalue weighted by atomic mass is 10.0. The molecule has 0 radical (unpaired) electrons. The molecule has 5 heteroatoms. The van der Waals surface area contributed by atoms with Gasteiger partial charge in [0.05, 0.1) is 36.3 Å². The van der Waals surface area contributed by atoms with Gasteiger partial charge in [0.2, 0.25) is 0 Å². The Balaban J connectivity index is 4.66. The Kier molecular flexibility index (Phi) is 53.1. The van der Waals surface area contributed by atoms with E-state index in [-0.39, 0.29) is 5.75 Å². The molecule has 0 saturated carbocycles. The van der Waals surface area contributed by atoms with Gasteiger partial charge in [0.25, 0.3) is 0 Å². The average Bonchev–Trinajstić information content (AvgIpc) is 3.29. The van der Waals surface area contributed by atoms with Gasteiger partial charge in [-0.15, -0.1) is 0 Å². The first kappa shape index (κ1) is 64.9. The molecule has 4 nitrogen and oxygen atoms in total. The fraction of sp³-hybridized carbons (Fsp3) is 1.00. The van der Waals surface area contributed by atoms with Crippen molar-refractivity contribution in [3.8, 4) is 0 Å². The number of rotatable bonds is 58. The van der Waals surface area contributed by atoms with Crippen molar-refractivity contribution < 1.29 is 17.5 Å². The van der Waals surface area contributed by atoms with Crippen LogP contribution in [0.15, 0.2) is 0 Å². The number of quaternary nitrogens is 1. The third kappa shape index (κ3) is 53.1. The highest BCUT2D eigenvalue weighted by atomic mass is 32.2. The number of hydrogen-bond donors (Lipinski definition) is 0. The topological polar surface area (TPSA) is 57.2 Å². The molecule has 0 heterocycles. The standard InChI is InChI=1S/C60H123NO3S/c1-4-7-10-13-16-19-22-25-28-31-34-37-40-43-46-49-52-56-61(59-55-60-65(62,63)64,57-53-50-47-44-41-38-35-32-29-26-23-20-17-14-11-8-5-2)58-54-51-48-45-42-39-36-33-30-27-24-21-18-15-12-9-6-3/h4-60H2,1-3H3. The van der Waals surface area contributed by atoms with E-state index >= 15 is 0 Å². The van der Waals surface area contributed by atoms with E-state index in [9.17, 15) is 13.0 Å². The Hall–Kier alpha value is -0.130. The van der Waals surface area contributed by atoms with Gasteiger partial charge in [0, 0.05) is 12.2 Å². The van der Waals surface area contributed by atoms with Crippen LogP contribution in [0, 0.1) is 0 Å². The quantitative estimate of drug-likeness (QED) is 0.0347. The van der Waals surface area contributed by atoms with Gasteiger partial charge in [-0.2, -0.15) is 0 Å². The molecule has 0 spiro atoms. The van der Waals surface area contributed by atoms with Gasteiger partial charge in [-0.05, 0) is 38.5 Å². The fourth-order valence-electron chi connectivity index (χ4n) is 10.8. The van der Waals surface area contributed by atoms with Crippen LogP contribution in [0.3, 0.4) is 0 Å². The second-order valence-electron chi connectivity index (χ2n) is 21.8. The third-order valence-electron chi connectivity index (χ3n) is 15.2. The highest BCUT2D eigenvalue weighted by Gasteiger charge is 2.26. The van der Waals surface area contributed by atoms with Gasteiger partial charge >= 0.3 is 0 Å². The molecule has 0 unspecified atom stereocenters. The SMILES string of the molecule is CCCCCCCCCCCCCCCCCCC[N+](CCCCCCCCCCCCCCCCCCC)(CCCCCCCCCCCCCCCCCCC)CCCS(=O)(=O)[O-]. The van der Waals surface area contributed by atoms with Crippen molar-refractivity contribution in [1.82, 2.24) is 0 Å². The van der Waals surface area contributed by atoms with Gasteiger partial charge < -0.3 is 9.04 Å². The van der Waals surface area contributed by atoms with E-state index in [0.717, 1.165) is 11.0 Å². The molecule has 0 fully saturated rings. The summed E-state index contributed by atoms with van der Waals surface area (Å²) in [7, 11) is -4.16. The van der Waals surface area contributed by atoms with Crippen LogP contribution in [0.5, 0.6) is 0 Å². The Labute approximate surface area is 412 Å². The zero-order chi connectivity index (χ0) is 47.3. The van der Waals surface area contributed by atoms with Gasteiger partial charge in [-0.3, -0.25) is 0 Å². The van der Waals surface area contributed by atoms with Gasteiger partial charge in [-0.1, -0.05) is 310 Å². The first-order valence-corrected chi connectivity index (χ1v) is 32.3. The summed E-state index contributed by atoms with van der Waals surface area (Å²) in [5, 5.41) is 0. The number of hydrogen-bond acceptors (Lipinski definition) is 3. The van der Waals surface area contributed by atoms with Crippen molar-refractivity contribution in [2.75, 3.05) is 31.9 Å². The van der Waals surface area contributed by atoms with Crippen molar-refractivity contribution in [2.24, 2.45) is 0 Å². The molecule has 392 valence electrons. The Morgan fingerprint density at radius 3 is 0.523 bits per heavy atom. The van der Waals surface area contributed by atoms with Crippen LogP contribution in [0.25, 0.3) is 0 Å². The summed E-state index contributed by atoms with van der Waals surface area (Å²) in [5.74, 6) is -0.190. The molecular formula is C60H123NO3S. The minimum absolute atomic E-state index is 0.190. The smallest absolute Gasteiger partial charge is 0.0948 e. The summed E-state index contributed by atoms with van der Waals surface area (Å²) in [5.41, 5.74) is 0. The zero-order valence-electron chi connectivity index (χ0n) is 45.4. The van der Waals surface area contributed by atoms with Crippen LogP contribution >= 0.6 is 0 Å². The van der Waals surface area contributed by atoms with E-state index in [2.05, 4.69) is 20.8 Å². The van der Waals surface area contributed by atoms with Crippen LogP contribution in [0.2, 0.25) is 0 Å². The molecule has 0 saturated heterocycles. The molecular weight excluding hydrogens is 815 g/mol. The molecule has 0 aromatic rings. The lowest BCUT2D eigenvalue weighted by Gasteiger charge is -2.40. The first-order valence-electron chi connectivity index (χ1n) is 30.7. The number of nitrogens with zero attached hydrogens (tertiary/aromatic N) is 1. The molecule has 65 heavy (non-hydrogen) atoms. The van der Waals surface area contributed by atoms with Gasteiger partial charge in [-0.25, -0.2) is 8.42 Å². The first-order chi connectivity index (χ1) is 31.9. The van der Waals surface area contributed by atoms with E-state index in [1.54, 1.807) is 0 Å². The summed E-state index contributed by atoms with van der Waals surface area (Å²) in [6.45, 7) is 11.3. The van der Waals surface area contributed by atoms with E-state index in [4.69, 9.17) is 0 Å². The Bertz CT molecular complexity index is 892. The molecule has 0 aliphatic rings. The average molecular weight is 939 g/mol. The van der Waals surface area contributed by atoms with Crippen molar-refractivity contribution in [2.45, 2.75) is 355 Å². The maximum Gasteiger partial charge on any atom is 0.0948 e. The summed E-state index contributed by atoms with van der Waals surface area (Å²) >= 11 is 0. The fourth-order valence-corrected chi connectivity index (χ4v) is 11.2. The van der Waals surface area contributed by atoms with Crippen LogP contribution in [0.1, 0.15) is 355 Å². The molecule has 0 N–H and O–H groups in total. The van der Waals surface area contributed by atoms with E-state index in [0.29, 0.717) is 6.42 Å². The van der Waals surface area contributed by atoms with E-state index in [1.807, 2.05) is 0 Å². The second-order valence-corrected chi connectivity index (χ2v) is 23.3. The van der Waals surface area contributed by atoms with Crippen molar-refractivity contribution in [1.29, 1.82) is 0 Å². The highest BCUT2D eigenvalue weighted by Crippen LogP contribution is 2.22. The predicted octanol–water partition coefficient (Wildman–Crippen LogP) is 20.7. The summed E-state index contributed by atoms with van der Waals surface area (Å²) in [4.78, 5) is 0. The van der Waals surface area contributed by atoms with Gasteiger partial charge in [0.15, 0.2) is 0 Å². The zero-order valence-corrected chi connectivity index (χ0v) is 46.2. The summed E-state index contributed by atoms with van der Waals surface area (Å²) in [6, 6.07) is 0. The van der Waals surface area contributed by atoms with Crippen LogP contribution in [0.4, 0.5) is 0 Å². The molecule has 0 atom stereocenters. The molecule has 0 rings (SSSR count). The maximum atomic E-state index is 11.7. The second kappa shape index (κ2) is 53.2. The highest BCUT2D eigenvalue weighted by molar-refractivity contribution is 7.85. The molecule has 0 aliphatic carbocycles. The normalized spacial score (nSPS) is 12.2. The monoisotopic (exact) mass is 938 g/mol. The minimum atomic E-state index is -4.16. The molecule has 0 bridgehead atoms. The van der Waals surface area contributed by atoms with E-state index < -0.39 is 10.1 Å². The Morgan fingerprint density at radius 1 is 0.231 bits per heavy atom. The summed E-state index contributed by atoms with van der Waals surface area (Å²) in [6.07, 6.45) is 71.7. The molecule has 0 aromatic heterocycles. The van der Waals surface area contributed by atoms with Crippen LogP contribution < -0.4 is 0 Å². The molecule has 0 aromatic carbocycles. The minimum Gasteiger partial charge on any atom is -0.748 e. The third-order valence-corrected chi connectivity index (χ3v) is 16.0. The lowest BCUT2D eigenvalue weighted by molar-refractivity contribution is -0.928.